The van der Waals surface area contributed by atoms with Gasteiger partial charge in [-0.25, -0.2) is 9.50 Å². The fourth-order valence-corrected chi connectivity index (χ4v) is 2.99. The van der Waals surface area contributed by atoms with Crippen LogP contribution in [0.1, 0.15) is 34.6 Å². The molecule has 0 radical (unpaired) electrons. The number of aromatic nitrogens is 3. The Morgan fingerprint density at radius 1 is 1.19 bits per heavy atom. The van der Waals surface area contributed by atoms with Gasteiger partial charge in [-0.3, -0.25) is 4.79 Å². The molecule has 0 bridgehead atoms. The van der Waals surface area contributed by atoms with Crippen molar-refractivity contribution in [1.82, 2.24) is 14.6 Å². The van der Waals surface area contributed by atoms with Crippen molar-refractivity contribution in [1.29, 1.82) is 0 Å². The van der Waals surface area contributed by atoms with E-state index in [4.69, 9.17) is 4.74 Å². The highest BCUT2D eigenvalue weighted by atomic mass is 16.5. The minimum Gasteiger partial charge on any atom is -0.461 e. The molecule has 2 aromatic heterocycles. The molecule has 0 unspecified atom stereocenters. The Kier molecular flexibility index (Phi) is 5.46. The number of aryl methyl sites for hydroxylation is 3. The number of benzene rings is 1. The number of esters is 1. The highest BCUT2D eigenvalue weighted by Crippen LogP contribution is 2.17. The Morgan fingerprint density at radius 3 is 2.73 bits per heavy atom. The summed E-state index contributed by atoms with van der Waals surface area (Å²) in [5.74, 6) is -0.210. The number of hydrogen-bond acceptors (Lipinski definition) is 4. The Hall–Kier alpha value is -2.95. The van der Waals surface area contributed by atoms with Gasteiger partial charge in [-0.05, 0) is 44.4 Å². The standard InChI is InChI=1S/C21H23N3O2/c1-15-14-20-22-16(2)19(17(3)24(20)23-15)11-12-21(25)26-13-7-10-18-8-5-4-6-9-18/h4-10,14H,11-13H2,1-3H3/b10-7+. The van der Waals surface area contributed by atoms with E-state index in [-0.39, 0.29) is 12.6 Å². The smallest absolute Gasteiger partial charge is 0.306 e. The zero-order chi connectivity index (χ0) is 18.5. The van der Waals surface area contributed by atoms with E-state index in [9.17, 15) is 4.79 Å². The number of ether oxygens (including phenoxy) is 1. The van der Waals surface area contributed by atoms with Crippen LogP contribution in [0.25, 0.3) is 11.7 Å². The molecule has 0 fully saturated rings. The summed E-state index contributed by atoms with van der Waals surface area (Å²) < 4.78 is 7.13. The quantitative estimate of drug-likeness (QED) is 0.635. The molecule has 5 heteroatoms. The lowest BCUT2D eigenvalue weighted by Gasteiger charge is -2.10. The van der Waals surface area contributed by atoms with Gasteiger partial charge >= 0.3 is 5.97 Å². The van der Waals surface area contributed by atoms with Gasteiger partial charge in [-0.2, -0.15) is 5.10 Å². The first-order chi connectivity index (χ1) is 12.5. The number of nitrogens with zero attached hydrogens (tertiary/aromatic N) is 3. The minimum atomic E-state index is -0.210. The second-order valence-electron chi connectivity index (χ2n) is 6.31. The van der Waals surface area contributed by atoms with Crippen LogP contribution >= 0.6 is 0 Å². The summed E-state index contributed by atoms with van der Waals surface area (Å²) >= 11 is 0. The van der Waals surface area contributed by atoms with Crippen molar-refractivity contribution >= 4 is 17.7 Å². The summed E-state index contributed by atoms with van der Waals surface area (Å²) in [5, 5.41) is 4.46. The van der Waals surface area contributed by atoms with E-state index in [0.29, 0.717) is 12.8 Å². The number of carbonyl (C=O) groups excluding carboxylic acids is 1. The van der Waals surface area contributed by atoms with Crippen molar-refractivity contribution < 1.29 is 9.53 Å². The van der Waals surface area contributed by atoms with E-state index in [1.807, 2.05) is 73.8 Å². The van der Waals surface area contributed by atoms with Crippen LogP contribution in [0.5, 0.6) is 0 Å². The van der Waals surface area contributed by atoms with Gasteiger partial charge in [0.1, 0.15) is 6.61 Å². The van der Waals surface area contributed by atoms with E-state index in [0.717, 1.165) is 33.9 Å². The lowest BCUT2D eigenvalue weighted by atomic mass is 10.1. The van der Waals surface area contributed by atoms with Crippen molar-refractivity contribution in [3.05, 3.63) is 70.7 Å². The van der Waals surface area contributed by atoms with Crippen LogP contribution in [-0.4, -0.2) is 27.2 Å². The molecule has 0 aliphatic carbocycles. The number of carbonyl (C=O) groups is 1. The van der Waals surface area contributed by atoms with E-state index >= 15 is 0 Å². The minimum absolute atomic E-state index is 0.210. The van der Waals surface area contributed by atoms with Gasteiger partial charge in [0.2, 0.25) is 0 Å². The number of fused-ring (bicyclic) bond motifs is 1. The van der Waals surface area contributed by atoms with Crippen molar-refractivity contribution in [2.24, 2.45) is 0 Å². The topological polar surface area (TPSA) is 56.5 Å². The van der Waals surface area contributed by atoms with Gasteiger partial charge in [0.25, 0.3) is 0 Å². The molecule has 1 aromatic carbocycles. The maximum atomic E-state index is 12.0. The summed E-state index contributed by atoms with van der Waals surface area (Å²) in [6, 6.07) is 11.9. The van der Waals surface area contributed by atoms with Crippen molar-refractivity contribution in [2.75, 3.05) is 6.61 Å². The predicted molar refractivity (Wildman–Crippen MR) is 102 cm³/mol. The third-order valence-corrected chi connectivity index (χ3v) is 4.32. The molecular weight excluding hydrogens is 326 g/mol. The first kappa shape index (κ1) is 17.9. The number of rotatable bonds is 6. The molecule has 0 amide bonds. The molecule has 0 saturated carbocycles. The molecule has 3 rings (SSSR count). The second kappa shape index (κ2) is 7.95. The summed E-state index contributed by atoms with van der Waals surface area (Å²) in [6.07, 6.45) is 4.72. The van der Waals surface area contributed by atoms with Crippen LogP contribution in [0.3, 0.4) is 0 Å². The van der Waals surface area contributed by atoms with Gasteiger partial charge in [0.05, 0.1) is 5.69 Å². The average Bonchev–Trinajstić information content (AvgIpc) is 3.00. The average molecular weight is 349 g/mol. The fraction of sp³-hybridized carbons (Fsp3) is 0.286. The third kappa shape index (κ3) is 4.17. The van der Waals surface area contributed by atoms with Crippen LogP contribution in [0.15, 0.2) is 42.5 Å². The molecule has 0 aliphatic rings. The van der Waals surface area contributed by atoms with Gasteiger partial charge in [0, 0.05) is 23.9 Å². The molecule has 3 aromatic rings. The molecule has 0 atom stereocenters. The Bertz CT molecular complexity index is 943. The van der Waals surface area contributed by atoms with Crippen molar-refractivity contribution in [3.8, 4) is 0 Å². The maximum Gasteiger partial charge on any atom is 0.306 e. The Morgan fingerprint density at radius 2 is 1.96 bits per heavy atom. The van der Waals surface area contributed by atoms with Crippen molar-refractivity contribution in [2.45, 2.75) is 33.6 Å². The van der Waals surface area contributed by atoms with Crippen LogP contribution in [0.2, 0.25) is 0 Å². The zero-order valence-electron chi connectivity index (χ0n) is 15.4. The second-order valence-corrected chi connectivity index (χ2v) is 6.31. The lowest BCUT2D eigenvalue weighted by Crippen LogP contribution is -2.10. The van der Waals surface area contributed by atoms with Gasteiger partial charge in [0.15, 0.2) is 5.65 Å². The van der Waals surface area contributed by atoms with Crippen LogP contribution in [0.4, 0.5) is 0 Å². The molecule has 0 spiro atoms. The third-order valence-electron chi connectivity index (χ3n) is 4.32. The lowest BCUT2D eigenvalue weighted by molar-refractivity contribution is -0.142. The molecule has 0 saturated heterocycles. The normalized spacial score (nSPS) is 11.3. The molecule has 134 valence electrons. The summed E-state index contributed by atoms with van der Waals surface area (Å²) in [6.45, 7) is 6.21. The Balaban J connectivity index is 1.56. The highest BCUT2D eigenvalue weighted by molar-refractivity contribution is 5.70. The van der Waals surface area contributed by atoms with Crippen LogP contribution < -0.4 is 0 Å². The van der Waals surface area contributed by atoms with E-state index in [1.54, 1.807) is 0 Å². The van der Waals surface area contributed by atoms with E-state index < -0.39 is 0 Å². The van der Waals surface area contributed by atoms with Gasteiger partial charge in [-0.15, -0.1) is 0 Å². The van der Waals surface area contributed by atoms with Gasteiger partial charge < -0.3 is 4.74 Å². The molecule has 5 nitrogen and oxygen atoms in total. The van der Waals surface area contributed by atoms with Crippen LogP contribution in [0, 0.1) is 20.8 Å². The van der Waals surface area contributed by atoms with E-state index in [1.165, 1.54) is 0 Å². The Labute approximate surface area is 153 Å². The van der Waals surface area contributed by atoms with Gasteiger partial charge in [-0.1, -0.05) is 36.4 Å². The summed E-state index contributed by atoms with van der Waals surface area (Å²) in [5.41, 5.74) is 5.88. The summed E-state index contributed by atoms with van der Waals surface area (Å²) in [4.78, 5) is 16.6. The number of hydrogen-bond donors (Lipinski definition) is 0. The first-order valence-corrected chi connectivity index (χ1v) is 8.74. The molecule has 0 N–H and O–H groups in total. The molecule has 2 heterocycles. The molecular formula is C21H23N3O2. The largest absolute Gasteiger partial charge is 0.461 e. The highest BCUT2D eigenvalue weighted by Gasteiger charge is 2.13. The SMILES string of the molecule is Cc1cc2nc(C)c(CCC(=O)OC/C=C/c3ccccc3)c(C)n2n1. The summed E-state index contributed by atoms with van der Waals surface area (Å²) in [7, 11) is 0. The predicted octanol–water partition coefficient (Wildman–Crippen LogP) is 3.84. The monoisotopic (exact) mass is 349 g/mol. The van der Waals surface area contributed by atoms with Crippen molar-refractivity contribution in [3.63, 3.8) is 0 Å². The van der Waals surface area contributed by atoms with E-state index in [2.05, 4.69) is 10.1 Å². The fourth-order valence-electron chi connectivity index (χ4n) is 2.99. The molecule has 0 aliphatic heterocycles. The molecule has 26 heavy (non-hydrogen) atoms. The zero-order valence-corrected chi connectivity index (χ0v) is 15.4. The maximum absolute atomic E-state index is 12.0. The van der Waals surface area contributed by atoms with Crippen LogP contribution in [-0.2, 0) is 16.0 Å². The first-order valence-electron chi connectivity index (χ1n) is 8.74.